The Bertz CT molecular complexity index is 3660. The first-order valence-corrected chi connectivity index (χ1v) is 19.5. The number of alkyl halides is 3. The summed E-state index contributed by atoms with van der Waals surface area (Å²) >= 11 is 0. The zero-order valence-electron chi connectivity index (χ0n) is 32.4. The number of hydrogen-bond acceptors (Lipinski definition) is 4. The van der Waals surface area contributed by atoms with Crippen LogP contribution in [0.4, 0.5) is 13.2 Å². The summed E-state index contributed by atoms with van der Waals surface area (Å²) in [5.74, 6) is 0. The van der Waals surface area contributed by atoms with Crippen LogP contribution in [-0.4, -0.2) is 9.13 Å². The van der Waals surface area contributed by atoms with Gasteiger partial charge in [0.25, 0.3) is 0 Å². The Hall–Kier alpha value is -8.89. The van der Waals surface area contributed by atoms with Crippen LogP contribution >= 0.6 is 0 Å². The van der Waals surface area contributed by atoms with Gasteiger partial charge in [-0.1, -0.05) is 91.0 Å². The average Bonchev–Trinajstić information content (AvgIpc) is 3.82. The second-order valence-electron chi connectivity index (χ2n) is 14.9. The zero-order chi connectivity index (χ0) is 42.7. The van der Waals surface area contributed by atoms with Gasteiger partial charge in [-0.2, -0.15) is 34.2 Å². The highest BCUT2D eigenvalue weighted by Crippen LogP contribution is 2.45. The zero-order valence-corrected chi connectivity index (χ0v) is 32.4. The number of para-hydroxylation sites is 2. The fourth-order valence-electron chi connectivity index (χ4n) is 8.63. The van der Waals surface area contributed by atoms with Crippen LogP contribution in [0.25, 0.3) is 88.4 Å². The Labute approximate surface area is 352 Å². The number of hydrogen-bond donors (Lipinski definition) is 0. The van der Waals surface area contributed by atoms with Crippen molar-refractivity contribution in [2.75, 3.05) is 0 Å². The van der Waals surface area contributed by atoms with Crippen LogP contribution in [0.1, 0.15) is 27.8 Å². The number of benzene rings is 8. The number of nitrogens with zero attached hydrogens (tertiary/aromatic N) is 6. The van der Waals surface area contributed by atoms with Crippen LogP contribution in [-0.2, 0) is 6.18 Å². The summed E-state index contributed by atoms with van der Waals surface area (Å²) in [7, 11) is 0. The normalized spacial score (nSPS) is 11.4. The lowest BCUT2D eigenvalue weighted by Crippen LogP contribution is -2.10. The lowest BCUT2D eigenvalue weighted by Gasteiger charge is -2.21. The molecule has 0 unspecified atom stereocenters. The lowest BCUT2D eigenvalue weighted by atomic mass is 9.92. The monoisotopic (exact) mass is 804 g/mol. The van der Waals surface area contributed by atoms with E-state index in [2.05, 4.69) is 28.8 Å². The van der Waals surface area contributed by atoms with E-state index in [0.29, 0.717) is 22.5 Å². The molecule has 0 aliphatic rings. The molecule has 0 saturated carbocycles. The summed E-state index contributed by atoms with van der Waals surface area (Å²) in [5, 5.41) is 43.1. The number of rotatable bonds is 5. The summed E-state index contributed by atoms with van der Waals surface area (Å²) < 4.78 is 49.0. The second-order valence-corrected chi connectivity index (χ2v) is 14.9. The maximum absolute atomic E-state index is 15.0. The molecular formula is C53H27F3N6. The van der Waals surface area contributed by atoms with Gasteiger partial charge in [-0.3, -0.25) is 0 Å². The van der Waals surface area contributed by atoms with E-state index in [1.807, 2.05) is 114 Å². The molecule has 0 N–H and O–H groups in total. The predicted molar refractivity (Wildman–Crippen MR) is 235 cm³/mol. The fourth-order valence-corrected chi connectivity index (χ4v) is 8.63. The number of fused-ring (bicyclic) bond motifs is 6. The Kier molecular flexibility index (Phi) is 8.70. The van der Waals surface area contributed by atoms with Gasteiger partial charge >= 0.3 is 6.18 Å². The van der Waals surface area contributed by atoms with E-state index < -0.39 is 11.7 Å². The fraction of sp³-hybridized carbons (Fsp3) is 0.0189. The van der Waals surface area contributed by atoms with Crippen molar-refractivity contribution in [2.24, 2.45) is 0 Å². The molecule has 0 aliphatic heterocycles. The van der Waals surface area contributed by atoms with Crippen LogP contribution in [0.5, 0.6) is 0 Å². The third-order valence-corrected chi connectivity index (χ3v) is 11.5. The van der Waals surface area contributed by atoms with E-state index in [9.17, 15) is 34.2 Å². The predicted octanol–water partition coefficient (Wildman–Crippen LogP) is 13.4. The molecule has 9 heteroatoms. The molecule has 2 aromatic heterocycles. The summed E-state index contributed by atoms with van der Waals surface area (Å²) in [4.78, 5) is 0. The van der Waals surface area contributed by atoms with Gasteiger partial charge in [0, 0.05) is 27.1 Å². The maximum atomic E-state index is 15.0. The number of halogens is 3. The van der Waals surface area contributed by atoms with Crippen molar-refractivity contribution >= 4 is 43.6 Å². The van der Waals surface area contributed by atoms with Crippen molar-refractivity contribution < 1.29 is 13.2 Å². The summed E-state index contributed by atoms with van der Waals surface area (Å²) in [6.45, 7) is 0. The minimum Gasteiger partial charge on any atom is -0.307 e. The van der Waals surface area contributed by atoms with Gasteiger partial charge in [0.2, 0.25) is 0 Å². The topological polar surface area (TPSA) is 105 Å². The van der Waals surface area contributed by atoms with Gasteiger partial charge in [-0.15, -0.1) is 0 Å². The van der Waals surface area contributed by atoms with Crippen molar-refractivity contribution in [2.45, 2.75) is 6.18 Å². The number of aromatic nitrogens is 2. The first-order valence-electron chi connectivity index (χ1n) is 19.5. The molecule has 0 radical (unpaired) electrons. The first kappa shape index (κ1) is 37.4. The maximum Gasteiger partial charge on any atom is 0.417 e. The van der Waals surface area contributed by atoms with E-state index in [0.717, 1.165) is 71.9 Å². The molecule has 0 bridgehead atoms. The molecule has 290 valence electrons. The van der Waals surface area contributed by atoms with Crippen molar-refractivity contribution in [1.29, 1.82) is 21.0 Å². The van der Waals surface area contributed by atoms with Crippen molar-refractivity contribution in [3.63, 3.8) is 0 Å². The molecule has 0 aliphatic carbocycles. The average molecular weight is 805 g/mol. The van der Waals surface area contributed by atoms with Gasteiger partial charge in [0.05, 0.1) is 85.5 Å². The molecule has 62 heavy (non-hydrogen) atoms. The Morgan fingerprint density at radius 2 is 0.806 bits per heavy atom. The first-order chi connectivity index (χ1) is 30.2. The molecule has 8 aromatic carbocycles. The molecule has 0 fully saturated rings. The number of nitriles is 4. The van der Waals surface area contributed by atoms with Gasteiger partial charge < -0.3 is 9.13 Å². The van der Waals surface area contributed by atoms with Crippen molar-refractivity contribution in [3.05, 3.63) is 192 Å². The largest absolute Gasteiger partial charge is 0.417 e. The third kappa shape index (κ3) is 6.01. The smallest absolute Gasteiger partial charge is 0.307 e. The molecular weight excluding hydrogens is 778 g/mol. The van der Waals surface area contributed by atoms with Crippen LogP contribution in [0, 0.1) is 45.3 Å². The van der Waals surface area contributed by atoms with Gasteiger partial charge in [-0.25, -0.2) is 0 Å². The quantitative estimate of drug-likeness (QED) is 0.173. The third-order valence-electron chi connectivity index (χ3n) is 11.5. The highest BCUT2D eigenvalue weighted by atomic mass is 19.4. The molecule has 10 aromatic rings. The second kappa shape index (κ2) is 14.4. The highest BCUT2D eigenvalue weighted by molar-refractivity contribution is 6.13. The van der Waals surface area contributed by atoms with Crippen LogP contribution < -0.4 is 0 Å². The van der Waals surface area contributed by atoms with E-state index in [4.69, 9.17) is 0 Å². The van der Waals surface area contributed by atoms with Crippen LogP contribution in [0.2, 0.25) is 0 Å². The van der Waals surface area contributed by atoms with E-state index in [1.54, 1.807) is 36.4 Å². The SMILES string of the molecule is N#Cc1ccc(-c2ccc3c4ccccc4n(-c4cc(C#N)c(-c5ccc(C#N)cc5C(F)(F)F)cc4-n4c5ccccc5c5ccc(-c6ccc(C#N)cc6)cc54)c3c2)cc1. The van der Waals surface area contributed by atoms with Gasteiger partial charge in [-0.05, 0) is 101 Å². The summed E-state index contributed by atoms with van der Waals surface area (Å²) in [6, 6.07) is 57.6. The minimum absolute atomic E-state index is 0.00664. The molecule has 0 amide bonds. The van der Waals surface area contributed by atoms with Crippen LogP contribution in [0.3, 0.4) is 0 Å². The van der Waals surface area contributed by atoms with E-state index >= 15 is 0 Å². The van der Waals surface area contributed by atoms with E-state index in [1.165, 1.54) is 12.1 Å². The van der Waals surface area contributed by atoms with Gasteiger partial charge in [0.15, 0.2) is 0 Å². The summed E-state index contributed by atoms with van der Waals surface area (Å²) in [6.07, 6.45) is -4.84. The van der Waals surface area contributed by atoms with Crippen LogP contribution in [0.15, 0.2) is 164 Å². The standard InChI is InChI=1S/C53H27F3N6/c54-53(55,56)46-23-34(30-59)13-20-40(46)45-27-52(62-48-8-4-2-6-42(48)44-22-19-38(25-50(44)62)36-16-11-33(29-58)12-17-36)51(26-39(45)31-60)61-47-7-3-1-5-41(47)43-21-18-37(24-49(43)61)35-14-9-32(28-57)10-15-35/h1-27H. The summed E-state index contributed by atoms with van der Waals surface area (Å²) in [5.41, 5.74) is 7.38. The highest BCUT2D eigenvalue weighted by Gasteiger charge is 2.35. The minimum atomic E-state index is -4.84. The Morgan fingerprint density at radius 1 is 0.371 bits per heavy atom. The molecule has 0 atom stereocenters. The van der Waals surface area contributed by atoms with Gasteiger partial charge in [0.1, 0.15) is 0 Å². The molecule has 0 spiro atoms. The lowest BCUT2D eigenvalue weighted by molar-refractivity contribution is -0.137. The molecule has 6 nitrogen and oxygen atoms in total. The van der Waals surface area contributed by atoms with E-state index in [-0.39, 0.29) is 22.3 Å². The molecule has 0 saturated heterocycles. The Balaban J connectivity index is 1.36. The Morgan fingerprint density at radius 3 is 1.27 bits per heavy atom. The molecule has 10 rings (SSSR count). The molecule has 2 heterocycles. The van der Waals surface area contributed by atoms with Crippen molar-refractivity contribution in [1.82, 2.24) is 9.13 Å². The van der Waals surface area contributed by atoms with Crippen molar-refractivity contribution in [3.8, 4) is 69.0 Å².